The number of nitrogens with one attached hydrogen (secondary N) is 2. The Morgan fingerprint density at radius 2 is 1.73 bits per heavy atom. The van der Waals surface area contributed by atoms with Crippen molar-refractivity contribution in [2.24, 2.45) is 0 Å². The second-order valence-corrected chi connectivity index (χ2v) is 7.17. The average Bonchev–Trinajstić information content (AvgIpc) is 3.29. The zero-order chi connectivity index (χ0) is 20.1. The van der Waals surface area contributed by atoms with Gasteiger partial charge in [-0.1, -0.05) is 41.6 Å². The zero-order valence-electron chi connectivity index (χ0n) is 16.9. The van der Waals surface area contributed by atoms with Crippen LogP contribution < -0.4 is 15.4 Å². The monoisotopic (exact) mass is 427 g/mol. The summed E-state index contributed by atoms with van der Waals surface area (Å²) < 4.78 is 7.02. The molecule has 1 amide bonds. The van der Waals surface area contributed by atoms with E-state index in [2.05, 4.69) is 33.1 Å². The Kier molecular flexibility index (Phi) is 7.43. The molecule has 0 unspecified atom stereocenters. The molecule has 1 fully saturated rings. The van der Waals surface area contributed by atoms with Crippen molar-refractivity contribution in [2.45, 2.75) is 25.4 Å². The summed E-state index contributed by atoms with van der Waals surface area (Å²) in [5, 5.41) is 14.4. The summed E-state index contributed by atoms with van der Waals surface area (Å²) in [6.07, 6.45) is 3.76. The van der Waals surface area contributed by atoms with Crippen LogP contribution in [0.3, 0.4) is 0 Å². The molecular formula is C22H26ClN5O2. The van der Waals surface area contributed by atoms with E-state index in [9.17, 15) is 4.79 Å². The quantitative estimate of drug-likeness (QED) is 0.631. The van der Waals surface area contributed by atoms with E-state index >= 15 is 0 Å². The first kappa shape index (κ1) is 21.8. The number of hydrogen-bond donors (Lipinski definition) is 2. The second-order valence-electron chi connectivity index (χ2n) is 7.17. The van der Waals surface area contributed by atoms with E-state index in [0.29, 0.717) is 18.3 Å². The number of amides is 1. The SMILES string of the molecule is COc1ccc(-c2ccc(CNC(=O)c3cn(C4CCNCC4)nn3)cc2)cc1.Cl. The number of nitrogens with zero attached hydrogens (tertiary/aromatic N) is 3. The van der Waals surface area contributed by atoms with Gasteiger partial charge in [0, 0.05) is 6.54 Å². The summed E-state index contributed by atoms with van der Waals surface area (Å²) in [5.41, 5.74) is 3.63. The lowest BCUT2D eigenvalue weighted by molar-refractivity contribution is 0.0946. The highest BCUT2D eigenvalue weighted by atomic mass is 35.5. The van der Waals surface area contributed by atoms with E-state index in [1.807, 2.05) is 41.1 Å². The Morgan fingerprint density at radius 3 is 2.37 bits per heavy atom. The molecule has 1 aliphatic heterocycles. The van der Waals surface area contributed by atoms with Crippen LogP contribution in [0.1, 0.15) is 34.9 Å². The summed E-state index contributed by atoms with van der Waals surface area (Å²) >= 11 is 0. The van der Waals surface area contributed by atoms with E-state index in [-0.39, 0.29) is 18.3 Å². The molecule has 8 heteroatoms. The first-order chi connectivity index (χ1) is 14.2. The number of benzene rings is 2. The van der Waals surface area contributed by atoms with E-state index in [0.717, 1.165) is 48.4 Å². The predicted octanol–water partition coefficient (Wildman–Crippen LogP) is 3.23. The maximum atomic E-state index is 12.4. The predicted molar refractivity (Wildman–Crippen MR) is 118 cm³/mol. The first-order valence-electron chi connectivity index (χ1n) is 9.87. The Morgan fingerprint density at radius 1 is 1.10 bits per heavy atom. The molecule has 0 radical (unpaired) electrons. The third-order valence-corrected chi connectivity index (χ3v) is 5.26. The standard InChI is InChI=1S/C22H25N5O2.ClH/c1-29-20-8-6-18(7-9-20)17-4-2-16(3-5-17)14-24-22(28)21-15-27(26-25-21)19-10-12-23-13-11-19;/h2-9,15,19,23H,10-14H2,1H3,(H,24,28);1H. The Labute approximate surface area is 182 Å². The molecule has 0 saturated carbocycles. The van der Waals surface area contributed by atoms with Crippen LogP contribution in [0.4, 0.5) is 0 Å². The van der Waals surface area contributed by atoms with Gasteiger partial charge in [-0.3, -0.25) is 4.79 Å². The van der Waals surface area contributed by atoms with Gasteiger partial charge in [-0.2, -0.15) is 0 Å². The minimum Gasteiger partial charge on any atom is -0.497 e. The fourth-order valence-electron chi connectivity index (χ4n) is 3.50. The van der Waals surface area contributed by atoms with Crippen LogP contribution in [0.2, 0.25) is 0 Å². The molecule has 0 spiro atoms. The van der Waals surface area contributed by atoms with Crippen molar-refractivity contribution in [2.75, 3.05) is 20.2 Å². The zero-order valence-corrected chi connectivity index (χ0v) is 17.7. The molecule has 0 bridgehead atoms. The number of carbonyl (C=O) groups excluding carboxylic acids is 1. The van der Waals surface area contributed by atoms with Gasteiger partial charge in [0.15, 0.2) is 5.69 Å². The van der Waals surface area contributed by atoms with Crippen molar-refractivity contribution in [3.05, 3.63) is 66.0 Å². The number of halogens is 1. The molecule has 1 saturated heterocycles. The van der Waals surface area contributed by atoms with Crippen LogP contribution in [0, 0.1) is 0 Å². The fourth-order valence-corrected chi connectivity index (χ4v) is 3.50. The summed E-state index contributed by atoms with van der Waals surface area (Å²) in [6.45, 7) is 2.39. The molecule has 0 atom stereocenters. The van der Waals surface area contributed by atoms with Crippen molar-refractivity contribution in [1.29, 1.82) is 0 Å². The summed E-state index contributed by atoms with van der Waals surface area (Å²) in [4.78, 5) is 12.4. The Balaban J connectivity index is 0.00000256. The van der Waals surface area contributed by atoms with E-state index in [1.54, 1.807) is 13.3 Å². The molecule has 0 aliphatic carbocycles. The van der Waals surface area contributed by atoms with Crippen molar-refractivity contribution in [1.82, 2.24) is 25.6 Å². The number of carbonyl (C=O) groups is 1. The summed E-state index contributed by atoms with van der Waals surface area (Å²) in [6, 6.07) is 16.4. The van der Waals surface area contributed by atoms with Gasteiger partial charge < -0.3 is 15.4 Å². The van der Waals surface area contributed by atoms with Crippen molar-refractivity contribution < 1.29 is 9.53 Å². The third-order valence-electron chi connectivity index (χ3n) is 5.26. The number of methoxy groups -OCH3 is 1. The molecule has 2 aromatic carbocycles. The average molecular weight is 428 g/mol. The molecule has 1 aromatic heterocycles. The molecule has 30 heavy (non-hydrogen) atoms. The molecule has 2 N–H and O–H groups in total. The summed E-state index contributed by atoms with van der Waals surface area (Å²) in [7, 11) is 1.66. The lowest BCUT2D eigenvalue weighted by Gasteiger charge is -2.22. The molecule has 158 valence electrons. The van der Waals surface area contributed by atoms with Crippen LogP contribution >= 0.6 is 12.4 Å². The van der Waals surface area contributed by atoms with Gasteiger partial charge in [-0.15, -0.1) is 17.5 Å². The third kappa shape index (κ3) is 5.17. The summed E-state index contributed by atoms with van der Waals surface area (Å²) in [5.74, 6) is 0.634. The highest BCUT2D eigenvalue weighted by molar-refractivity contribution is 5.91. The minimum absolute atomic E-state index is 0. The Bertz CT molecular complexity index is 950. The van der Waals surface area contributed by atoms with E-state index < -0.39 is 0 Å². The minimum atomic E-state index is -0.204. The number of aromatic nitrogens is 3. The number of rotatable bonds is 6. The largest absolute Gasteiger partial charge is 0.497 e. The molecule has 1 aliphatic rings. The Hall–Kier alpha value is -2.90. The topological polar surface area (TPSA) is 81.1 Å². The highest BCUT2D eigenvalue weighted by Crippen LogP contribution is 2.22. The van der Waals surface area contributed by atoms with E-state index in [1.165, 1.54) is 0 Å². The molecule has 7 nitrogen and oxygen atoms in total. The van der Waals surface area contributed by atoms with Crippen LogP contribution in [0.15, 0.2) is 54.7 Å². The maximum absolute atomic E-state index is 12.4. The van der Waals surface area contributed by atoms with Gasteiger partial charge in [0.05, 0.1) is 19.3 Å². The van der Waals surface area contributed by atoms with E-state index in [4.69, 9.17) is 4.74 Å². The smallest absolute Gasteiger partial charge is 0.273 e. The maximum Gasteiger partial charge on any atom is 0.273 e. The van der Waals surface area contributed by atoms with Gasteiger partial charge in [0.1, 0.15) is 5.75 Å². The first-order valence-corrected chi connectivity index (χ1v) is 9.87. The van der Waals surface area contributed by atoms with Crippen molar-refractivity contribution in [3.8, 4) is 16.9 Å². The second kappa shape index (κ2) is 10.2. The molecular weight excluding hydrogens is 402 g/mol. The van der Waals surface area contributed by atoms with Gasteiger partial charge >= 0.3 is 0 Å². The van der Waals surface area contributed by atoms with Crippen molar-refractivity contribution >= 4 is 18.3 Å². The lowest BCUT2D eigenvalue weighted by atomic mass is 10.0. The highest BCUT2D eigenvalue weighted by Gasteiger charge is 2.18. The van der Waals surface area contributed by atoms with Crippen LogP contribution in [0.25, 0.3) is 11.1 Å². The van der Waals surface area contributed by atoms with Gasteiger partial charge in [-0.25, -0.2) is 4.68 Å². The normalized spacial score (nSPS) is 14.0. The number of piperidine rings is 1. The van der Waals surface area contributed by atoms with Gasteiger partial charge in [0.2, 0.25) is 0 Å². The van der Waals surface area contributed by atoms with Crippen molar-refractivity contribution in [3.63, 3.8) is 0 Å². The lowest BCUT2D eigenvalue weighted by Crippen LogP contribution is -2.29. The fraction of sp³-hybridized carbons (Fsp3) is 0.318. The van der Waals surface area contributed by atoms with Gasteiger partial charge in [-0.05, 0) is 54.8 Å². The molecule has 2 heterocycles. The number of hydrogen-bond acceptors (Lipinski definition) is 5. The molecule has 4 rings (SSSR count). The van der Waals surface area contributed by atoms with Crippen LogP contribution in [-0.2, 0) is 6.54 Å². The molecule has 3 aromatic rings. The van der Waals surface area contributed by atoms with Crippen LogP contribution in [-0.4, -0.2) is 41.1 Å². The van der Waals surface area contributed by atoms with Crippen LogP contribution in [0.5, 0.6) is 5.75 Å². The number of ether oxygens (including phenoxy) is 1. The van der Waals surface area contributed by atoms with Gasteiger partial charge in [0.25, 0.3) is 5.91 Å².